The quantitative estimate of drug-likeness (QED) is 0.709. The summed E-state index contributed by atoms with van der Waals surface area (Å²) in [6.45, 7) is 1.64. The van der Waals surface area contributed by atoms with Crippen molar-refractivity contribution in [1.82, 2.24) is 10.0 Å². The SMILES string of the molecule is Cc1c(C(=O)NCc2ccccc2)[n+](=O)c2cc(Cl)c(Cl)cc2n1[O-]. The molecule has 0 aliphatic heterocycles. The molecule has 0 radical (unpaired) electrons. The van der Waals surface area contributed by atoms with Crippen molar-refractivity contribution < 1.29 is 9.22 Å². The molecule has 3 aromatic rings. The summed E-state index contributed by atoms with van der Waals surface area (Å²) in [6, 6.07) is 11.8. The van der Waals surface area contributed by atoms with Crippen LogP contribution in [0.3, 0.4) is 0 Å². The molecule has 0 saturated carbocycles. The summed E-state index contributed by atoms with van der Waals surface area (Å²) < 4.78 is 0.908. The average Bonchev–Trinajstić information content (AvgIpc) is 2.61. The lowest BCUT2D eigenvalue weighted by Gasteiger charge is -2.16. The van der Waals surface area contributed by atoms with E-state index in [0.717, 1.165) is 5.56 Å². The number of halogens is 2. The third-order valence-electron chi connectivity index (χ3n) is 3.82. The smallest absolute Gasteiger partial charge is 0.346 e. The molecule has 25 heavy (non-hydrogen) atoms. The van der Waals surface area contributed by atoms with Crippen molar-refractivity contribution in [3.05, 3.63) is 79.6 Å². The van der Waals surface area contributed by atoms with E-state index >= 15 is 0 Å². The maximum atomic E-state index is 12.6. The highest BCUT2D eigenvalue weighted by atomic mass is 35.5. The second-order valence-corrected chi connectivity index (χ2v) is 6.26. The van der Waals surface area contributed by atoms with Gasteiger partial charge in [0.1, 0.15) is 5.52 Å². The van der Waals surface area contributed by atoms with Crippen LogP contribution in [0, 0.1) is 17.0 Å². The minimum atomic E-state index is -0.645. The van der Waals surface area contributed by atoms with Crippen LogP contribution in [0.1, 0.15) is 21.7 Å². The van der Waals surface area contributed by atoms with Gasteiger partial charge in [-0.05, 0) is 18.6 Å². The number of carbonyl (C=O) groups is 1. The lowest BCUT2D eigenvalue weighted by molar-refractivity contribution is -0.468. The van der Waals surface area contributed by atoms with Crippen LogP contribution in [0.5, 0.6) is 0 Å². The Labute approximate surface area is 152 Å². The molecule has 0 atom stereocenters. The van der Waals surface area contributed by atoms with Gasteiger partial charge in [0.15, 0.2) is 0 Å². The second kappa shape index (κ2) is 6.74. The van der Waals surface area contributed by atoms with Crippen LogP contribution in [0.4, 0.5) is 0 Å². The van der Waals surface area contributed by atoms with Gasteiger partial charge in [-0.25, -0.2) is 0 Å². The summed E-state index contributed by atoms with van der Waals surface area (Å²) in [6.07, 6.45) is 0. The first kappa shape index (κ1) is 17.3. The van der Waals surface area contributed by atoms with Crippen molar-refractivity contribution in [2.45, 2.75) is 13.5 Å². The van der Waals surface area contributed by atoms with Crippen molar-refractivity contribution in [1.29, 1.82) is 0 Å². The van der Waals surface area contributed by atoms with E-state index in [1.165, 1.54) is 19.1 Å². The second-order valence-electron chi connectivity index (χ2n) is 5.45. The standard InChI is InChI=1S/C17H13Cl2N3O3/c1-10-16(17(23)20-9-11-5-3-2-4-6-11)22(25)15-8-13(19)12(18)7-14(15)21(10)24/h2-8H,9H2,1H3,(H,20,23). The van der Waals surface area contributed by atoms with Crippen molar-refractivity contribution in [2.75, 3.05) is 0 Å². The van der Waals surface area contributed by atoms with Gasteiger partial charge in [0.05, 0.1) is 20.2 Å². The van der Waals surface area contributed by atoms with Crippen molar-refractivity contribution >= 4 is 40.1 Å². The van der Waals surface area contributed by atoms with Crippen LogP contribution in [0.25, 0.3) is 11.0 Å². The highest BCUT2D eigenvalue weighted by molar-refractivity contribution is 6.42. The van der Waals surface area contributed by atoms with Crippen molar-refractivity contribution in [3.8, 4) is 0 Å². The molecule has 128 valence electrons. The van der Waals surface area contributed by atoms with E-state index in [4.69, 9.17) is 23.2 Å². The zero-order valence-electron chi connectivity index (χ0n) is 13.1. The monoisotopic (exact) mass is 377 g/mol. The average molecular weight is 378 g/mol. The van der Waals surface area contributed by atoms with Gasteiger partial charge >= 0.3 is 11.6 Å². The minimum absolute atomic E-state index is 0.0218. The first-order valence-electron chi connectivity index (χ1n) is 7.36. The van der Waals surface area contributed by atoms with Gasteiger partial charge in [0, 0.05) is 17.5 Å². The third-order valence-corrected chi connectivity index (χ3v) is 4.54. The Bertz CT molecular complexity index is 1030. The fraction of sp³-hybridized carbons (Fsp3) is 0.118. The minimum Gasteiger partial charge on any atom is -0.805 e. The van der Waals surface area contributed by atoms with Crippen molar-refractivity contribution in [3.63, 3.8) is 0 Å². The number of hydrogen-bond donors (Lipinski definition) is 1. The summed E-state index contributed by atoms with van der Waals surface area (Å²) >= 11 is 11.8. The Morgan fingerprint density at radius 3 is 2.52 bits per heavy atom. The van der Waals surface area contributed by atoms with Gasteiger partial charge in [0.2, 0.25) is 0 Å². The van der Waals surface area contributed by atoms with Gasteiger partial charge in [0.25, 0.3) is 5.52 Å². The van der Waals surface area contributed by atoms with Crippen LogP contribution < -0.4 is 9.74 Å². The first-order chi connectivity index (χ1) is 11.9. The number of amides is 1. The van der Waals surface area contributed by atoms with Gasteiger partial charge in [-0.15, -0.1) is 0 Å². The van der Waals surface area contributed by atoms with E-state index in [9.17, 15) is 14.9 Å². The normalized spacial score (nSPS) is 10.8. The maximum Gasteiger partial charge on any atom is 0.346 e. The molecule has 0 spiro atoms. The fourth-order valence-corrected chi connectivity index (χ4v) is 2.83. The molecule has 1 aromatic heterocycles. The molecular weight excluding hydrogens is 365 g/mol. The van der Waals surface area contributed by atoms with Crippen LogP contribution >= 0.6 is 23.2 Å². The number of nitrogens with zero attached hydrogens (tertiary/aromatic N) is 2. The molecule has 0 fully saturated rings. The number of rotatable bonds is 3. The molecule has 6 nitrogen and oxygen atoms in total. The summed E-state index contributed by atoms with van der Waals surface area (Å²) in [5, 5.41) is 15.3. The van der Waals surface area contributed by atoms with E-state index in [1.807, 2.05) is 30.3 Å². The van der Waals surface area contributed by atoms with E-state index in [1.54, 1.807) is 0 Å². The van der Waals surface area contributed by atoms with Crippen molar-refractivity contribution in [2.24, 2.45) is 0 Å². The maximum absolute atomic E-state index is 12.6. The van der Waals surface area contributed by atoms with E-state index in [0.29, 0.717) is 9.16 Å². The molecule has 0 aliphatic rings. The summed E-state index contributed by atoms with van der Waals surface area (Å²) in [7, 11) is 0. The lowest BCUT2D eigenvalue weighted by atomic mass is 10.2. The van der Waals surface area contributed by atoms with Crippen LogP contribution in [-0.4, -0.2) is 10.6 Å². The summed E-state index contributed by atoms with van der Waals surface area (Å²) in [5.74, 6) is -0.645. The molecule has 8 heteroatoms. The highest BCUT2D eigenvalue weighted by Gasteiger charge is 2.27. The topological polar surface area (TPSA) is 80.1 Å². The number of hydrogen-bond acceptors (Lipinski definition) is 3. The number of fused-ring (bicyclic) bond motifs is 1. The third kappa shape index (κ3) is 3.18. The number of benzene rings is 2. The molecule has 1 N–H and O–H groups in total. The number of nitrogens with one attached hydrogen (secondary N) is 1. The Hall–Kier alpha value is -2.57. The lowest BCUT2D eigenvalue weighted by Crippen LogP contribution is -2.36. The number of carbonyl (C=O) groups excluding carboxylic acids is 1. The predicted molar refractivity (Wildman–Crippen MR) is 96.4 cm³/mol. The Kier molecular flexibility index (Phi) is 4.65. The molecule has 0 unspecified atom stereocenters. The Morgan fingerprint density at radius 2 is 1.84 bits per heavy atom. The molecule has 0 aliphatic carbocycles. The fourth-order valence-electron chi connectivity index (χ4n) is 2.51. The summed E-state index contributed by atoms with van der Waals surface area (Å²) in [4.78, 5) is 25.1. The van der Waals surface area contributed by atoms with Crippen LogP contribution in [-0.2, 0) is 6.54 Å². The molecule has 2 aromatic carbocycles. The molecule has 3 rings (SSSR count). The zero-order valence-corrected chi connectivity index (χ0v) is 14.6. The molecule has 0 saturated heterocycles. The van der Waals surface area contributed by atoms with E-state index in [-0.39, 0.29) is 39.0 Å². The van der Waals surface area contributed by atoms with Gasteiger partial charge in [-0.3, -0.25) is 4.79 Å². The Morgan fingerprint density at radius 1 is 1.20 bits per heavy atom. The molecule has 0 bridgehead atoms. The highest BCUT2D eigenvalue weighted by Crippen LogP contribution is 2.26. The van der Waals surface area contributed by atoms with E-state index in [2.05, 4.69) is 5.32 Å². The largest absolute Gasteiger partial charge is 0.805 e. The van der Waals surface area contributed by atoms with Crippen LogP contribution in [0.15, 0.2) is 42.5 Å². The Balaban J connectivity index is 2.05. The zero-order chi connectivity index (χ0) is 18.1. The van der Waals surface area contributed by atoms with E-state index < -0.39 is 5.91 Å². The molecule has 1 amide bonds. The predicted octanol–water partition coefficient (Wildman–Crippen LogP) is 3.45. The summed E-state index contributed by atoms with van der Waals surface area (Å²) in [5.41, 5.74) is 0.584. The van der Waals surface area contributed by atoms with Gasteiger partial charge in [-0.2, -0.15) is 0 Å². The first-order valence-corrected chi connectivity index (χ1v) is 8.12. The van der Waals surface area contributed by atoms with Gasteiger partial charge < -0.3 is 15.3 Å². The number of aromatic nitrogens is 2. The van der Waals surface area contributed by atoms with Crippen LogP contribution in [0.2, 0.25) is 10.0 Å². The molecule has 1 heterocycles. The van der Waals surface area contributed by atoms with Gasteiger partial charge in [-0.1, -0.05) is 53.5 Å². The molecular formula is C17H13Cl2N3O3.